The van der Waals surface area contributed by atoms with Crippen molar-refractivity contribution in [3.8, 4) is 0 Å². The fourth-order valence-electron chi connectivity index (χ4n) is 0.371. The van der Waals surface area contributed by atoms with Gasteiger partial charge in [0.2, 0.25) is 0 Å². The van der Waals surface area contributed by atoms with E-state index >= 15 is 0 Å². The Morgan fingerprint density at radius 2 is 1.75 bits per heavy atom. The van der Waals surface area contributed by atoms with Crippen LogP contribution in [0, 0.1) is 0 Å². The molecule has 0 saturated heterocycles. The summed E-state index contributed by atoms with van der Waals surface area (Å²) in [5, 5.41) is 4.08. The smallest absolute Gasteiger partial charge is 0.293 e. The van der Waals surface area contributed by atoms with Gasteiger partial charge in [-0.3, -0.25) is 4.79 Å². The van der Waals surface area contributed by atoms with Crippen LogP contribution >= 0.6 is 11.3 Å². The molecule has 0 atom stereocenters. The van der Waals surface area contributed by atoms with Gasteiger partial charge in [-0.25, -0.2) is 0 Å². The second-order valence-electron chi connectivity index (χ2n) is 3.12. The molecule has 1 heterocycles. The molecule has 0 aromatic carbocycles. The Kier molecular flexibility index (Phi) is 5.37. The van der Waals surface area contributed by atoms with Gasteiger partial charge in [0.15, 0.2) is 0 Å². The molecule has 2 nitrogen and oxygen atoms in total. The minimum Gasteiger partial charge on any atom is -0.462 e. The predicted molar refractivity (Wildman–Crippen MR) is 51.2 cm³/mol. The van der Waals surface area contributed by atoms with Crippen LogP contribution in [0.2, 0.25) is 0 Å². The van der Waals surface area contributed by atoms with Crippen molar-refractivity contribution in [1.29, 1.82) is 0 Å². The van der Waals surface area contributed by atoms with Gasteiger partial charge in [0.05, 0.1) is 0 Å². The lowest BCUT2D eigenvalue weighted by molar-refractivity contribution is -0.138. The molecule has 0 unspecified atom stereocenters. The van der Waals surface area contributed by atoms with Crippen LogP contribution in [0.4, 0.5) is 0 Å². The van der Waals surface area contributed by atoms with E-state index < -0.39 is 0 Å². The van der Waals surface area contributed by atoms with Crippen LogP contribution in [-0.4, -0.2) is 12.1 Å². The summed E-state index contributed by atoms with van der Waals surface area (Å²) in [7, 11) is 0. The molecule has 0 aliphatic rings. The van der Waals surface area contributed by atoms with E-state index in [1.165, 1.54) is 0 Å². The summed E-state index contributed by atoms with van der Waals surface area (Å²) in [5.41, 5.74) is -0.318. The maximum atomic E-state index is 9.60. The molecule has 0 amide bonds. The first-order valence-electron chi connectivity index (χ1n) is 3.65. The normalized spacial score (nSPS) is 9.58. The number of hydrogen-bond donors (Lipinski definition) is 0. The molecule has 0 radical (unpaired) electrons. The SMILES string of the molecule is CC(C)(C)OC=O.c1ccsc1. The Hall–Kier alpha value is -0.830. The predicted octanol–water partition coefficient (Wildman–Crippen LogP) is 2.71. The van der Waals surface area contributed by atoms with Crippen molar-refractivity contribution in [2.75, 3.05) is 0 Å². The third-order valence-electron chi connectivity index (χ3n) is 0.827. The molecular formula is C9H14O2S. The van der Waals surface area contributed by atoms with Crippen LogP contribution in [0.1, 0.15) is 20.8 Å². The van der Waals surface area contributed by atoms with Crippen LogP contribution < -0.4 is 0 Å². The van der Waals surface area contributed by atoms with Gasteiger partial charge in [0, 0.05) is 0 Å². The van der Waals surface area contributed by atoms with Crippen LogP contribution in [0.3, 0.4) is 0 Å². The highest BCUT2D eigenvalue weighted by Crippen LogP contribution is 2.02. The molecule has 1 aromatic heterocycles. The summed E-state index contributed by atoms with van der Waals surface area (Å²) in [4.78, 5) is 9.60. The number of carbonyl (C=O) groups is 1. The van der Waals surface area contributed by atoms with Gasteiger partial charge < -0.3 is 4.74 Å². The van der Waals surface area contributed by atoms with Crippen molar-refractivity contribution in [3.05, 3.63) is 22.9 Å². The third-order valence-corrected chi connectivity index (χ3v) is 1.46. The van der Waals surface area contributed by atoms with Crippen molar-refractivity contribution < 1.29 is 9.53 Å². The molecule has 0 fully saturated rings. The maximum absolute atomic E-state index is 9.60. The van der Waals surface area contributed by atoms with Crippen molar-refractivity contribution in [2.24, 2.45) is 0 Å². The summed E-state index contributed by atoms with van der Waals surface area (Å²) in [5.74, 6) is 0. The van der Waals surface area contributed by atoms with E-state index in [-0.39, 0.29) is 5.60 Å². The van der Waals surface area contributed by atoms with E-state index in [4.69, 9.17) is 0 Å². The Balaban J connectivity index is 0.000000211. The first-order chi connectivity index (χ1) is 5.56. The molecule has 0 aliphatic carbocycles. The summed E-state index contributed by atoms with van der Waals surface area (Å²) in [6.07, 6.45) is 0. The molecule has 0 bridgehead atoms. The zero-order valence-electron chi connectivity index (χ0n) is 7.61. The third kappa shape index (κ3) is 9.17. The number of thiophene rings is 1. The van der Waals surface area contributed by atoms with Gasteiger partial charge in [-0.05, 0) is 31.5 Å². The molecule has 1 aromatic rings. The summed E-state index contributed by atoms with van der Waals surface area (Å²) in [6.45, 7) is 5.92. The Morgan fingerprint density at radius 3 is 1.83 bits per heavy atom. The second kappa shape index (κ2) is 5.77. The minimum absolute atomic E-state index is 0.318. The van der Waals surface area contributed by atoms with Crippen LogP contribution in [0.15, 0.2) is 22.9 Å². The fourth-order valence-corrected chi connectivity index (χ4v) is 0.825. The van der Waals surface area contributed by atoms with E-state index in [1.54, 1.807) is 11.3 Å². The monoisotopic (exact) mass is 186 g/mol. The van der Waals surface area contributed by atoms with Crippen molar-refractivity contribution in [3.63, 3.8) is 0 Å². The van der Waals surface area contributed by atoms with Gasteiger partial charge in [0.25, 0.3) is 6.47 Å². The van der Waals surface area contributed by atoms with Crippen LogP contribution in [0.5, 0.6) is 0 Å². The first kappa shape index (κ1) is 11.2. The molecule has 0 N–H and O–H groups in total. The lowest BCUT2D eigenvalue weighted by Gasteiger charge is -2.14. The van der Waals surface area contributed by atoms with E-state index in [0.717, 1.165) is 0 Å². The summed E-state index contributed by atoms with van der Waals surface area (Å²) >= 11 is 1.71. The molecule has 0 saturated carbocycles. The van der Waals surface area contributed by atoms with Crippen LogP contribution in [-0.2, 0) is 9.53 Å². The van der Waals surface area contributed by atoms with E-state index in [2.05, 4.69) is 4.74 Å². The number of rotatable bonds is 1. The first-order valence-corrected chi connectivity index (χ1v) is 4.59. The lowest BCUT2D eigenvalue weighted by Crippen LogP contribution is -2.17. The zero-order valence-corrected chi connectivity index (χ0v) is 8.43. The lowest BCUT2D eigenvalue weighted by atomic mass is 10.2. The van der Waals surface area contributed by atoms with Gasteiger partial charge in [-0.1, -0.05) is 12.1 Å². The van der Waals surface area contributed by atoms with E-state index in [0.29, 0.717) is 6.47 Å². The number of ether oxygens (including phenoxy) is 1. The standard InChI is InChI=1S/C5H10O2.C4H4S/c1-5(2,3)7-4-6;1-2-4-5-3-1/h4H,1-3H3;1-4H. The van der Waals surface area contributed by atoms with Gasteiger partial charge in [-0.2, -0.15) is 11.3 Å². The maximum Gasteiger partial charge on any atom is 0.293 e. The molecule has 12 heavy (non-hydrogen) atoms. The van der Waals surface area contributed by atoms with Gasteiger partial charge in [0.1, 0.15) is 5.60 Å². The number of carbonyl (C=O) groups excluding carboxylic acids is 1. The van der Waals surface area contributed by atoms with Crippen LogP contribution in [0.25, 0.3) is 0 Å². The average Bonchev–Trinajstić information content (AvgIpc) is 2.38. The van der Waals surface area contributed by atoms with Gasteiger partial charge >= 0.3 is 0 Å². The van der Waals surface area contributed by atoms with Crippen molar-refractivity contribution >= 4 is 17.8 Å². The molecule has 68 valence electrons. The highest BCUT2D eigenvalue weighted by atomic mass is 32.1. The van der Waals surface area contributed by atoms with E-state index in [9.17, 15) is 4.79 Å². The zero-order chi connectivity index (χ0) is 9.45. The summed E-state index contributed by atoms with van der Waals surface area (Å²) in [6, 6.07) is 4.04. The van der Waals surface area contributed by atoms with Gasteiger partial charge in [-0.15, -0.1) is 0 Å². The average molecular weight is 186 g/mol. The highest BCUT2D eigenvalue weighted by Gasteiger charge is 2.07. The molecule has 0 spiro atoms. The highest BCUT2D eigenvalue weighted by molar-refractivity contribution is 7.07. The van der Waals surface area contributed by atoms with E-state index in [1.807, 2.05) is 43.7 Å². The number of hydrogen-bond acceptors (Lipinski definition) is 3. The molecular weight excluding hydrogens is 172 g/mol. The molecule has 1 rings (SSSR count). The minimum atomic E-state index is -0.318. The fraction of sp³-hybridized carbons (Fsp3) is 0.444. The molecule has 0 aliphatic heterocycles. The Morgan fingerprint density at radius 1 is 1.25 bits per heavy atom. The topological polar surface area (TPSA) is 26.3 Å². The van der Waals surface area contributed by atoms with Crippen molar-refractivity contribution in [1.82, 2.24) is 0 Å². The largest absolute Gasteiger partial charge is 0.462 e. The Labute approximate surface area is 77.2 Å². The molecule has 3 heteroatoms. The second-order valence-corrected chi connectivity index (χ2v) is 3.94. The quantitative estimate of drug-likeness (QED) is 0.630. The Bertz CT molecular complexity index is 170. The summed E-state index contributed by atoms with van der Waals surface area (Å²) < 4.78 is 4.55. The van der Waals surface area contributed by atoms with Crippen molar-refractivity contribution in [2.45, 2.75) is 26.4 Å².